The average Bonchev–Trinajstić information content (AvgIpc) is 2.69. The van der Waals surface area contributed by atoms with Crippen LogP contribution in [0.3, 0.4) is 0 Å². The third-order valence-electron chi connectivity index (χ3n) is 5.09. The summed E-state index contributed by atoms with van der Waals surface area (Å²) in [6, 6.07) is 6.03. The molecule has 136 valence electrons. The molecule has 0 aliphatic carbocycles. The summed E-state index contributed by atoms with van der Waals surface area (Å²) < 4.78 is 6.93. The van der Waals surface area contributed by atoms with E-state index in [0.29, 0.717) is 36.1 Å². The van der Waals surface area contributed by atoms with Crippen molar-refractivity contribution in [2.45, 2.75) is 31.6 Å². The van der Waals surface area contributed by atoms with E-state index in [1.807, 2.05) is 17.0 Å². The fourth-order valence-corrected chi connectivity index (χ4v) is 4.59. The standard InChI is InChI=1S/C19H21N3O3S/c1-12-8-20-19-22(17(12)23)10-15(11-26-19)18(24)21-6-5-13-7-16(25-2)4-3-14(13)9-21/h3-4,7-8,15H,5-6,9-11H2,1-2H3. The number of hydrogen-bond donors (Lipinski definition) is 0. The Morgan fingerprint density at radius 3 is 3.00 bits per heavy atom. The number of carbonyl (C=O) groups excluding carboxylic acids is 1. The summed E-state index contributed by atoms with van der Waals surface area (Å²) in [5.74, 6) is 1.46. The van der Waals surface area contributed by atoms with Gasteiger partial charge in [0.25, 0.3) is 5.56 Å². The number of aryl methyl sites for hydroxylation is 1. The minimum Gasteiger partial charge on any atom is -0.497 e. The lowest BCUT2D eigenvalue weighted by Crippen LogP contribution is -2.44. The summed E-state index contributed by atoms with van der Waals surface area (Å²) >= 11 is 1.49. The van der Waals surface area contributed by atoms with Crippen molar-refractivity contribution < 1.29 is 9.53 Å². The first-order chi connectivity index (χ1) is 12.6. The minimum absolute atomic E-state index is 0.0453. The topological polar surface area (TPSA) is 64.4 Å². The van der Waals surface area contributed by atoms with Crippen LogP contribution in [-0.2, 0) is 24.3 Å². The molecule has 1 aromatic carbocycles. The average molecular weight is 371 g/mol. The first-order valence-electron chi connectivity index (χ1n) is 8.70. The van der Waals surface area contributed by atoms with E-state index >= 15 is 0 Å². The second kappa shape index (κ2) is 6.79. The van der Waals surface area contributed by atoms with Crippen molar-refractivity contribution in [1.29, 1.82) is 0 Å². The van der Waals surface area contributed by atoms with Gasteiger partial charge in [-0.05, 0) is 36.6 Å². The van der Waals surface area contributed by atoms with E-state index in [1.165, 1.54) is 22.9 Å². The molecule has 4 rings (SSSR count). The molecule has 1 aromatic heterocycles. The fourth-order valence-electron chi connectivity index (χ4n) is 3.55. The van der Waals surface area contributed by atoms with Crippen molar-refractivity contribution in [2.24, 2.45) is 5.92 Å². The van der Waals surface area contributed by atoms with Crippen LogP contribution < -0.4 is 10.3 Å². The number of benzene rings is 1. The number of rotatable bonds is 2. The Bertz CT molecular complexity index is 925. The van der Waals surface area contributed by atoms with Crippen LogP contribution in [0.25, 0.3) is 0 Å². The van der Waals surface area contributed by atoms with Gasteiger partial charge in [-0.15, -0.1) is 0 Å². The highest BCUT2D eigenvalue weighted by Gasteiger charge is 2.31. The molecule has 26 heavy (non-hydrogen) atoms. The largest absolute Gasteiger partial charge is 0.497 e. The maximum absolute atomic E-state index is 13.0. The number of carbonyl (C=O) groups is 1. The Balaban J connectivity index is 1.52. The minimum atomic E-state index is -0.186. The van der Waals surface area contributed by atoms with Gasteiger partial charge in [-0.2, -0.15) is 0 Å². The number of hydrogen-bond acceptors (Lipinski definition) is 5. The Labute approximate surface area is 156 Å². The van der Waals surface area contributed by atoms with Crippen molar-refractivity contribution in [3.63, 3.8) is 0 Å². The normalized spacial score (nSPS) is 18.8. The van der Waals surface area contributed by atoms with E-state index < -0.39 is 0 Å². The number of aromatic nitrogens is 2. The van der Waals surface area contributed by atoms with Crippen molar-refractivity contribution in [1.82, 2.24) is 14.5 Å². The number of ether oxygens (including phenoxy) is 1. The summed E-state index contributed by atoms with van der Waals surface area (Å²) in [7, 11) is 1.66. The van der Waals surface area contributed by atoms with Crippen molar-refractivity contribution in [3.05, 3.63) is 51.4 Å². The van der Waals surface area contributed by atoms with Crippen molar-refractivity contribution in [3.8, 4) is 5.75 Å². The Morgan fingerprint density at radius 2 is 2.19 bits per heavy atom. The fraction of sp³-hybridized carbons (Fsp3) is 0.421. The summed E-state index contributed by atoms with van der Waals surface area (Å²) in [6.07, 6.45) is 2.44. The first kappa shape index (κ1) is 17.1. The zero-order valence-corrected chi connectivity index (χ0v) is 15.7. The SMILES string of the molecule is COc1ccc2c(c1)CCN(C(=O)C1CSc3ncc(C)c(=O)n3C1)C2. The van der Waals surface area contributed by atoms with Crippen molar-refractivity contribution in [2.75, 3.05) is 19.4 Å². The smallest absolute Gasteiger partial charge is 0.257 e. The van der Waals surface area contributed by atoms with E-state index in [2.05, 4.69) is 11.1 Å². The van der Waals surface area contributed by atoms with Crippen LogP contribution in [0.2, 0.25) is 0 Å². The molecular weight excluding hydrogens is 350 g/mol. The third kappa shape index (κ3) is 3.00. The lowest BCUT2D eigenvalue weighted by atomic mass is 9.98. The molecule has 1 amide bonds. The highest BCUT2D eigenvalue weighted by atomic mass is 32.2. The van der Waals surface area contributed by atoms with E-state index in [1.54, 1.807) is 24.8 Å². The van der Waals surface area contributed by atoms with Gasteiger partial charge in [0.2, 0.25) is 5.91 Å². The molecule has 0 saturated heterocycles. The van der Waals surface area contributed by atoms with Gasteiger partial charge in [-0.25, -0.2) is 4.98 Å². The van der Waals surface area contributed by atoms with Crippen LogP contribution in [0.15, 0.2) is 34.3 Å². The molecule has 0 radical (unpaired) electrons. The number of thioether (sulfide) groups is 1. The second-order valence-electron chi connectivity index (χ2n) is 6.79. The van der Waals surface area contributed by atoms with Gasteiger partial charge >= 0.3 is 0 Å². The van der Waals surface area contributed by atoms with Crippen LogP contribution in [0.1, 0.15) is 16.7 Å². The molecule has 1 atom stereocenters. The van der Waals surface area contributed by atoms with E-state index in [-0.39, 0.29) is 17.4 Å². The molecule has 3 heterocycles. The number of fused-ring (bicyclic) bond motifs is 2. The summed E-state index contributed by atoms with van der Waals surface area (Å²) in [4.78, 5) is 31.6. The van der Waals surface area contributed by atoms with E-state index in [0.717, 1.165) is 12.2 Å². The Morgan fingerprint density at radius 1 is 1.35 bits per heavy atom. The van der Waals surface area contributed by atoms with Gasteiger partial charge in [-0.3, -0.25) is 14.2 Å². The summed E-state index contributed by atoms with van der Waals surface area (Å²) in [5, 5.41) is 0.709. The monoisotopic (exact) mass is 371 g/mol. The molecule has 2 aromatic rings. The van der Waals surface area contributed by atoms with Gasteiger partial charge in [0.1, 0.15) is 5.75 Å². The van der Waals surface area contributed by atoms with E-state index in [9.17, 15) is 9.59 Å². The van der Waals surface area contributed by atoms with Crippen LogP contribution >= 0.6 is 11.8 Å². The molecular formula is C19H21N3O3S. The Hall–Kier alpha value is -2.28. The van der Waals surface area contributed by atoms with Crippen LogP contribution in [0, 0.1) is 12.8 Å². The molecule has 0 spiro atoms. The number of amides is 1. The number of methoxy groups -OCH3 is 1. The van der Waals surface area contributed by atoms with Gasteiger partial charge in [-0.1, -0.05) is 17.8 Å². The molecule has 0 N–H and O–H groups in total. The molecule has 2 aliphatic heterocycles. The van der Waals surface area contributed by atoms with Crippen LogP contribution in [0.5, 0.6) is 5.75 Å². The maximum Gasteiger partial charge on any atom is 0.257 e. The maximum atomic E-state index is 13.0. The van der Waals surface area contributed by atoms with Crippen LogP contribution in [0.4, 0.5) is 0 Å². The summed E-state index contributed by atoms with van der Waals surface area (Å²) in [6.45, 7) is 3.50. The summed E-state index contributed by atoms with van der Waals surface area (Å²) in [5.41, 5.74) is 2.98. The molecule has 1 unspecified atom stereocenters. The molecule has 2 aliphatic rings. The quantitative estimate of drug-likeness (QED) is 0.754. The third-order valence-corrected chi connectivity index (χ3v) is 6.24. The van der Waals surface area contributed by atoms with Gasteiger partial charge in [0, 0.05) is 37.1 Å². The molecule has 0 saturated carbocycles. The van der Waals surface area contributed by atoms with E-state index in [4.69, 9.17) is 4.74 Å². The molecule has 7 heteroatoms. The predicted octanol–water partition coefficient (Wildman–Crippen LogP) is 1.87. The van der Waals surface area contributed by atoms with Crippen LogP contribution in [-0.4, -0.2) is 39.8 Å². The predicted molar refractivity (Wildman–Crippen MR) is 99.6 cm³/mol. The van der Waals surface area contributed by atoms with Gasteiger partial charge in [0.15, 0.2) is 5.16 Å². The van der Waals surface area contributed by atoms with Crippen molar-refractivity contribution >= 4 is 17.7 Å². The molecule has 0 bridgehead atoms. The highest BCUT2D eigenvalue weighted by Crippen LogP contribution is 2.29. The number of nitrogens with zero attached hydrogens (tertiary/aromatic N) is 3. The molecule has 0 fully saturated rings. The zero-order chi connectivity index (χ0) is 18.3. The highest BCUT2D eigenvalue weighted by molar-refractivity contribution is 7.99. The van der Waals surface area contributed by atoms with Gasteiger partial charge < -0.3 is 9.64 Å². The lowest BCUT2D eigenvalue weighted by molar-refractivity contribution is -0.136. The van der Waals surface area contributed by atoms with Gasteiger partial charge in [0.05, 0.1) is 13.0 Å². The Kier molecular flexibility index (Phi) is 4.48. The zero-order valence-electron chi connectivity index (χ0n) is 14.9. The lowest BCUT2D eigenvalue weighted by Gasteiger charge is -2.33. The second-order valence-corrected chi connectivity index (χ2v) is 7.78. The first-order valence-corrected chi connectivity index (χ1v) is 9.69. The molecule has 6 nitrogen and oxygen atoms in total.